The Kier molecular flexibility index (Phi) is 7.87. The first-order valence-electron chi connectivity index (χ1n) is 10.5. The lowest BCUT2D eigenvalue weighted by atomic mass is 10.0. The van der Waals surface area contributed by atoms with Crippen LogP contribution in [-0.2, 0) is 19.2 Å². The molecule has 0 aromatic carbocycles. The average molecular weight is 383 g/mol. The largest absolute Gasteiger partial charge is 0.368 e. The van der Waals surface area contributed by atoms with Gasteiger partial charge in [-0.15, -0.1) is 5.06 Å². The first-order valence-corrected chi connectivity index (χ1v) is 10.5. The second kappa shape index (κ2) is 10.4. The van der Waals surface area contributed by atoms with E-state index in [0.29, 0.717) is 25.6 Å². The van der Waals surface area contributed by atoms with Crippen molar-refractivity contribution in [3.8, 4) is 0 Å². The van der Waals surface area contributed by atoms with Gasteiger partial charge < -0.3 is 19.8 Å². The Hall–Kier alpha value is -1.22. The van der Waals surface area contributed by atoms with Gasteiger partial charge in [0.1, 0.15) is 6.61 Å². The maximum atomic E-state index is 12.5. The van der Waals surface area contributed by atoms with Crippen molar-refractivity contribution in [2.45, 2.75) is 51.2 Å². The van der Waals surface area contributed by atoms with Crippen LogP contribution in [0.1, 0.15) is 39.0 Å². The maximum absolute atomic E-state index is 12.5. The van der Waals surface area contributed by atoms with Gasteiger partial charge in [0.15, 0.2) is 0 Å². The highest BCUT2D eigenvalue weighted by Crippen LogP contribution is 2.16. The first-order chi connectivity index (χ1) is 13.2. The van der Waals surface area contributed by atoms with E-state index in [1.807, 2.05) is 4.90 Å². The van der Waals surface area contributed by atoms with Crippen LogP contribution in [0, 0.1) is 0 Å². The molecule has 3 aliphatic heterocycles. The highest BCUT2D eigenvalue weighted by Gasteiger charge is 2.28. The zero-order valence-corrected chi connectivity index (χ0v) is 16.5. The average Bonchev–Trinajstić information content (AvgIpc) is 2.73. The molecule has 0 aliphatic carbocycles. The number of carbonyl (C=O) groups excluding carboxylic acids is 2. The summed E-state index contributed by atoms with van der Waals surface area (Å²) in [5.41, 5.74) is 0. The van der Waals surface area contributed by atoms with E-state index in [2.05, 4.69) is 10.2 Å². The number of rotatable bonds is 6. The number of hydrogen-bond acceptors (Lipinski definition) is 7. The fourth-order valence-electron chi connectivity index (χ4n) is 4.09. The van der Waals surface area contributed by atoms with E-state index in [-0.39, 0.29) is 24.6 Å². The number of hydroxylamine groups is 2. The summed E-state index contributed by atoms with van der Waals surface area (Å²) in [6, 6.07) is 0.673. The van der Waals surface area contributed by atoms with Crippen molar-refractivity contribution in [1.82, 2.24) is 20.2 Å². The normalized spacial score (nSPS) is 24.1. The molecule has 0 aromatic rings. The molecule has 0 spiro atoms. The fraction of sp³-hybridized carbons (Fsp3) is 0.895. The molecule has 3 fully saturated rings. The highest BCUT2D eigenvalue weighted by molar-refractivity contribution is 5.77. The Morgan fingerprint density at radius 2 is 1.63 bits per heavy atom. The lowest BCUT2D eigenvalue weighted by Gasteiger charge is -2.41. The molecule has 0 atom stereocenters. The predicted molar refractivity (Wildman–Crippen MR) is 101 cm³/mol. The lowest BCUT2D eigenvalue weighted by molar-refractivity contribution is -0.200. The van der Waals surface area contributed by atoms with Gasteiger partial charge in [-0.25, -0.2) is 0 Å². The molecule has 0 radical (unpaired) electrons. The second-order valence-corrected chi connectivity index (χ2v) is 7.65. The summed E-state index contributed by atoms with van der Waals surface area (Å²) in [4.78, 5) is 33.5. The summed E-state index contributed by atoms with van der Waals surface area (Å²) in [6.45, 7) is 9.04. The molecule has 0 aromatic heterocycles. The number of piperidine rings is 2. The zero-order chi connectivity index (χ0) is 19.1. The van der Waals surface area contributed by atoms with E-state index >= 15 is 0 Å². The van der Waals surface area contributed by atoms with Crippen molar-refractivity contribution in [2.24, 2.45) is 0 Å². The van der Waals surface area contributed by atoms with Crippen molar-refractivity contribution in [2.75, 3.05) is 59.0 Å². The van der Waals surface area contributed by atoms with Gasteiger partial charge in [-0.3, -0.25) is 14.5 Å². The summed E-state index contributed by atoms with van der Waals surface area (Å²) in [5, 5.41) is 5.11. The molecule has 3 aliphatic rings. The van der Waals surface area contributed by atoms with Gasteiger partial charge in [0.2, 0.25) is 5.91 Å². The van der Waals surface area contributed by atoms with Crippen molar-refractivity contribution in [3.63, 3.8) is 0 Å². The zero-order valence-electron chi connectivity index (χ0n) is 16.5. The topological polar surface area (TPSA) is 74.3 Å². The van der Waals surface area contributed by atoms with Crippen LogP contribution in [0.2, 0.25) is 0 Å². The molecule has 0 saturated carbocycles. The molecular formula is C19H34N4O4. The van der Waals surface area contributed by atoms with Gasteiger partial charge >= 0.3 is 5.97 Å². The minimum atomic E-state index is -0.201. The quantitative estimate of drug-likeness (QED) is 0.705. The molecule has 3 saturated heterocycles. The van der Waals surface area contributed by atoms with E-state index in [9.17, 15) is 9.59 Å². The third-order valence-electron chi connectivity index (χ3n) is 5.86. The van der Waals surface area contributed by atoms with Crippen LogP contribution in [0.3, 0.4) is 0 Å². The lowest BCUT2D eigenvalue weighted by Crippen LogP contribution is -2.54. The van der Waals surface area contributed by atoms with E-state index < -0.39 is 0 Å². The number of nitrogens with zero attached hydrogens (tertiary/aromatic N) is 3. The molecule has 1 N–H and O–H groups in total. The van der Waals surface area contributed by atoms with E-state index in [0.717, 1.165) is 52.1 Å². The smallest absolute Gasteiger partial charge is 0.324 e. The summed E-state index contributed by atoms with van der Waals surface area (Å²) in [5.74, 6) is -0.104. The van der Waals surface area contributed by atoms with Crippen LogP contribution in [0.15, 0.2) is 0 Å². The standard InChI is InChI=1S/C19H34N4O4/c1-2-19(25)27-23-9-5-17(6-10-23)26-15-18(24)22-13-11-21(12-14-22)16-3-7-20-8-4-16/h16-17,20H,2-15H2,1H3. The van der Waals surface area contributed by atoms with Gasteiger partial charge in [0.05, 0.1) is 6.10 Å². The van der Waals surface area contributed by atoms with E-state index in [1.54, 1.807) is 12.0 Å². The van der Waals surface area contributed by atoms with Crippen molar-refractivity contribution in [3.05, 3.63) is 0 Å². The van der Waals surface area contributed by atoms with Crippen LogP contribution >= 0.6 is 0 Å². The fourth-order valence-corrected chi connectivity index (χ4v) is 4.09. The minimum Gasteiger partial charge on any atom is -0.368 e. The van der Waals surface area contributed by atoms with Crippen LogP contribution in [0.25, 0.3) is 0 Å². The van der Waals surface area contributed by atoms with Gasteiger partial charge in [0.25, 0.3) is 0 Å². The molecule has 8 nitrogen and oxygen atoms in total. The number of ether oxygens (including phenoxy) is 1. The Morgan fingerprint density at radius 3 is 2.26 bits per heavy atom. The van der Waals surface area contributed by atoms with Crippen molar-refractivity contribution >= 4 is 11.9 Å². The molecule has 1 amide bonds. The summed E-state index contributed by atoms with van der Waals surface area (Å²) in [7, 11) is 0. The molecule has 0 unspecified atom stereocenters. The number of hydrogen-bond donors (Lipinski definition) is 1. The van der Waals surface area contributed by atoms with Gasteiger partial charge in [0, 0.05) is 51.7 Å². The molecule has 8 heteroatoms. The van der Waals surface area contributed by atoms with Crippen molar-refractivity contribution in [1.29, 1.82) is 0 Å². The molecule has 154 valence electrons. The SMILES string of the molecule is CCC(=O)ON1CCC(OCC(=O)N2CCN(C3CCNCC3)CC2)CC1. The van der Waals surface area contributed by atoms with Gasteiger partial charge in [-0.2, -0.15) is 0 Å². The van der Waals surface area contributed by atoms with Crippen molar-refractivity contribution < 1.29 is 19.2 Å². The highest BCUT2D eigenvalue weighted by atomic mass is 16.7. The first kappa shape index (κ1) is 20.5. The van der Waals surface area contributed by atoms with Gasteiger partial charge in [-0.1, -0.05) is 6.92 Å². The Labute approximate surface area is 162 Å². The summed E-state index contributed by atoms with van der Waals surface area (Å²) < 4.78 is 5.84. The number of piperazine rings is 1. The van der Waals surface area contributed by atoms with Crippen LogP contribution in [0.4, 0.5) is 0 Å². The minimum absolute atomic E-state index is 0.0709. The Bertz CT molecular complexity index is 482. The molecular weight excluding hydrogens is 348 g/mol. The molecule has 3 heterocycles. The maximum Gasteiger partial charge on any atom is 0.324 e. The van der Waals surface area contributed by atoms with Gasteiger partial charge in [-0.05, 0) is 38.8 Å². The predicted octanol–water partition coefficient (Wildman–Crippen LogP) is 0.232. The summed E-state index contributed by atoms with van der Waals surface area (Å²) >= 11 is 0. The number of carbonyl (C=O) groups is 2. The molecule has 27 heavy (non-hydrogen) atoms. The number of nitrogens with one attached hydrogen (secondary N) is 1. The Balaban J connectivity index is 1.30. The molecule has 3 rings (SSSR count). The van der Waals surface area contributed by atoms with E-state index in [1.165, 1.54) is 12.8 Å². The third kappa shape index (κ3) is 6.14. The Morgan fingerprint density at radius 1 is 0.963 bits per heavy atom. The van der Waals surface area contributed by atoms with Crippen LogP contribution in [0.5, 0.6) is 0 Å². The number of amides is 1. The molecule has 0 bridgehead atoms. The third-order valence-corrected chi connectivity index (χ3v) is 5.86. The monoisotopic (exact) mass is 382 g/mol. The second-order valence-electron chi connectivity index (χ2n) is 7.65. The summed E-state index contributed by atoms with van der Waals surface area (Å²) in [6.07, 6.45) is 4.45. The van der Waals surface area contributed by atoms with Crippen LogP contribution in [-0.4, -0.2) is 97.9 Å². The van der Waals surface area contributed by atoms with Crippen LogP contribution < -0.4 is 5.32 Å². The van der Waals surface area contributed by atoms with E-state index in [4.69, 9.17) is 9.57 Å².